The van der Waals surface area contributed by atoms with E-state index in [9.17, 15) is 0 Å². The molecule has 0 bridgehead atoms. The van der Waals surface area contributed by atoms with Crippen LogP contribution in [0.25, 0.3) is 0 Å². The van der Waals surface area contributed by atoms with Gasteiger partial charge in [0, 0.05) is 6.04 Å². The highest BCUT2D eigenvalue weighted by Crippen LogP contribution is 2.20. The van der Waals surface area contributed by atoms with E-state index >= 15 is 0 Å². The molecule has 1 aliphatic carbocycles. The zero-order chi connectivity index (χ0) is 12.1. The molecule has 0 saturated carbocycles. The molecule has 0 fully saturated rings. The summed E-state index contributed by atoms with van der Waals surface area (Å²) in [7, 11) is 0. The van der Waals surface area contributed by atoms with Crippen LogP contribution < -0.4 is 5.32 Å². The number of rotatable bonds is 4. The van der Waals surface area contributed by atoms with Gasteiger partial charge in [-0.25, -0.2) is 0 Å². The van der Waals surface area contributed by atoms with Crippen molar-refractivity contribution in [3.63, 3.8) is 0 Å². The summed E-state index contributed by atoms with van der Waals surface area (Å²) < 4.78 is 0. The first kappa shape index (κ1) is 12.4. The van der Waals surface area contributed by atoms with E-state index in [0.717, 1.165) is 12.5 Å². The Kier molecular flexibility index (Phi) is 4.38. The molecule has 1 aromatic carbocycles. The molecule has 2 atom stereocenters. The van der Waals surface area contributed by atoms with Gasteiger partial charge in [-0.15, -0.1) is 0 Å². The number of aryl methyl sites for hydroxylation is 1. The highest BCUT2D eigenvalue weighted by atomic mass is 14.9. The summed E-state index contributed by atoms with van der Waals surface area (Å²) in [5.41, 5.74) is 2.81. The molecule has 0 heterocycles. The largest absolute Gasteiger partial charge is 0.310 e. The lowest BCUT2D eigenvalue weighted by Crippen LogP contribution is -2.26. The second-order valence-corrected chi connectivity index (χ2v) is 5.14. The number of hydrogen-bond donors (Lipinski definition) is 1. The van der Waals surface area contributed by atoms with E-state index in [0.29, 0.717) is 6.04 Å². The van der Waals surface area contributed by atoms with Gasteiger partial charge in [0.05, 0.1) is 0 Å². The van der Waals surface area contributed by atoms with Crippen LogP contribution in [0, 0.1) is 12.8 Å². The average Bonchev–Trinajstić information content (AvgIpc) is 2.38. The van der Waals surface area contributed by atoms with Crippen molar-refractivity contribution in [2.24, 2.45) is 5.92 Å². The standard InChI is InChI=1S/C16H23N/c1-13-8-6-7-11-16(13)14(2)17-12-15-9-4-3-5-10-15/h3-4,6-8,11,14-15,17H,5,9-10,12H2,1-2H3/t14-,15?/m0/s1. The lowest BCUT2D eigenvalue weighted by atomic mass is 9.93. The van der Waals surface area contributed by atoms with Crippen LogP contribution in [0.3, 0.4) is 0 Å². The van der Waals surface area contributed by atoms with Gasteiger partial charge in [-0.1, -0.05) is 36.4 Å². The van der Waals surface area contributed by atoms with Crippen molar-refractivity contribution in [1.29, 1.82) is 0 Å². The number of hydrogen-bond acceptors (Lipinski definition) is 1. The Morgan fingerprint density at radius 2 is 2.12 bits per heavy atom. The third kappa shape index (κ3) is 3.44. The Morgan fingerprint density at radius 3 is 2.82 bits per heavy atom. The van der Waals surface area contributed by atoms with Crippen LogP contribution in [0.4, 0.5) is 0 Å². The maximum Gasteiger partial charge on any atom is 0.0294 e. The highest BCUT2D eigenvalue weighted by Gasteiger charge is 2.12. The first-order valence-electron chi connectivity index (χ1n) is 6.71. The molecular weight excluding hydrogens is 206 g/mol. The van der Waals surface area contributed by atoms with Crippen LogP contribution in [-0.4, -0.2) is 6.54 Å². The minimum atomic E-state index is 0.460. The molecule has 0 radical (unpaired) electrons. The molecule has 92 valence electrons. The topological polar surface area (TPSA) is 12.0 Å². The van der Waals surface area contributed by atoms with Gasteiger partial charge < -0.3 is 5.32 Å². The molecule has 0 amide bonds. The minimum Gasteiger partial charge on any atom is -0.310 e. The number of nitrogens with one attached hydrogen (secondary N) is 1. The van der Waals surface area contributed by atoms with Gasteiger partial charge in [-0.05, 0) is 56.7 Å². The molecule has 1 aliphatic rings. The minimum absolute atomic E-state index is 0.460. The molecule has 0 aromatic heterocycles. The van der Waals surface area contributed by atoms with E-state index in [1.807, 2.05) is 0 Å². The van der Waals surface area contributed by atoms with Gasteiger partial charge in [0.2, 0.25) is 0 Å². The maximum atomic E-state index is 3.68. The van der Waals surface area contributed by atoms with Crippen LogP contribution >= 0.6 is 0 Å². The lowest BCUT2D eigenvalue weighted by Gasteiger charge is -2.22. The SMILES string of the molecule is Cc1ccccc1[C@H](C)NCC1CC=CCC1. The Hall–Kier alpha value is -1.08. The van der Waals surface area contributed by atoms with Crippen LogP contribution in [0.2, 0.25) is 0 Å². The Balaban J connectivity index is 1.87. The normalized spacial score (nSPS) is 21.4. The molecular formula is C16H23N. The van der Waals surface area contributed by atoms with Gasteiger partial charge >= 0.3 is 0 Å². The molecule has 1 heteroatoms. The van der Waals surface area contributed by atoms with E-state index in [-0.39, 0.29) is 0 Å². The third-order valence-electron chi connectivity index (χ3n) is 3.75. The number of allylic oxidation sites excluding steroid dienone is 2. The van der Waals surface area contributed by atoms with Crippen molar-refractivity contribution < 1.29 is 0 Å². The van der Waals surface area contributed by atoms with Crippen molar-refractivity contribution in [1.82, 2.24) is 5.32 Å². The maximum absolute atomic E-state index is 3.68. The summed E-state index contributed by atoms with van der Waals surface area (Å²) in [6.45, 7) is 5.59. The van der Waals surface area contributed by atoms with Crippen molar-refractivity contribution >= 4 is 0 Å². The fraction of sp³-hybridized carbons (Fsp3) is 0.500. The Bertz CT molecular complexity index is 381. The van der Waals surface area contributed by atoms with Gasteiger partial charge in [0.15, 0.2) is 0 Å². The van der Waals surface area contributed by atoms with E-state index in [1.54, 1.807) is 0 Å². The lowest BCUT2D eigenvalue weighted by molar-refractivity contribution is 0.415. The Morgan fingerprint density at radius 1 is 1.29 bits per heavy atom. The van der Waals surface area contributed by atoms with Crippen LogP contribution in [0.15, 0.2) is 36.4 Å². The molecule has 1 aromatic rings. The first-order chi connectivity index (χ1) is 8.27. The quantitative estimate of drug-likeness (QED) is 0.769. The number of benzene rings is 1. The molecule has 17 heavy (non-hydrogen) atoms. The van der Waals surface area contributed by atoms with E-state index in [1.165, 1.54) is 30.4 Å². The van der Waals surface area contributed by atoms with Gasteiger partial charge in [0.1, 0.15) is 0 Å². The molecule has 0 aliphatic heterocycles. The van der Waals surface area contributed by atoms with Crippen LogP contribution in [0.5, 0.6) is 0 Å². The predicted molar refractivity (Wildman–Crippen MR) is 74.1 cm³/mol. The molecule has 1 unspecified atom stereocenters. The van der Waals surface area contributed by atoms with Crippen molar-refractivity contribution in [2.45, 2.75) is 39.2 Å². The summed E-state index contributed by atoms with van der Waals surface area (Å²) >= 11 is 0. The summed E-state index contributed by atoms with van der Waals surface area (Å²) in [5.74, 6) is 0.825. The van der Waals surface area contributed by atoms with Crippen molar-refractivity contribution in [3.05, 3.63) is 47.5 Å². The summed E-state index contributed by atoms with van der Waals surface area (Å²) in [6, 6.07) is 9.12. The molecule has 0 saturated heterocycles. The van der Waals surface area contributed by atoms with Gasteiger partial charge in [0.25, 0.3) is 0 Å². The fourth-order valence-corrected chi connectivity index (χ4v) is 2.57. The second-order valence-electron chi connectivity index (χ2n) is 5.14. The van der Waals surface area contributed by atoms with Crippen molar-refractivity contribution in [3.8, 4) is 0 Å². The van der Waals surface area contributed by atoms with Gasteiger partial charge in [-0.3, -0.25) is 0 Å². The fourth-order valence-electron chi connectivity index (χ4n) is 2.57. The Labute approximate surface area is 105 Å². The van der Waals surface area contributed by atoms with E-state index in [4.69, 9.17) is 0 Å². The summed E-state index contributed by atoms with van der Waals surface area (Å²) in [4.78, 5) is 0. The van der Waals surface area contributed by atoms with E-state index < -0.39 is 0 Å². The smallest absolute Gasteiger partial charge is 0.0294 e. The zero-order valence-electron chi connectivity index (χ0n) is 10.9. The average molecular weight is 229 g/mol. The van der Waals surface area contributed by atoms with Crippen LogP contribution in [0.1, 0.15) is 43.4 Å². The monoisotopic (exact) mass is 229 g/mol. The summed E-state index contributed by atoms with van der Waals surface area (Å²) in [6.07, 6.45) is 8.47. The molecule has 2 rings (SSSR count). The van der Waals surface area contributed by atoms with Crippen molar-refractivity contribution in [2.75, 3.05) is 6.54 Å². The molecule has 1 nitrogen and oxygen atoms in total. The summed E-state index contributed by atoms with van der Waals surface area (Å²) in [5, 5.41) is 3.68. The van der Waals surface area contributed by atoms with E-state index in [2.05, 4.69) is 55.6 Å². The van der Waals surface area contributed by atoms with Crippen LogP contribution in [-0.2, 0) is 0 Å². The molecule has 0 spiro atoms. The first-order valence-corrected chi connectivity index (χ1v) is 6.71. The predicted octanol–water partition coefficient (Wildman–Crippen LogP) is 4.00. The second kappa shape index (κ2) is 6.02. The zero-order valence-corrected chi connectivity index (χ0v) is 10.9. The highest BCUT2D eigenvalue weighted by molar-refractivity contribution is 5.28. The third-order valence-corrected chi connectivity index (χ3v) is 3.75. The molecule has 1 N–H and O–H groups in total. The van der Waals surface area contributed by atoms with Gasteiger partial charge in [-0.2, -0.15) is 0 Å².